The second-order valence-corrected chi connectivity index (χ2v) is 7.65. The zero-order chi connectivity index (χ0) is 22.0. The molecule has 0 saturated carbocycles. The lowest BCUT2D eigenvalue weighted by Gasteiger charge is -2.11. The van der Waals surface area contributed by atoms with Crippen LogP contribution in [0.1, 0.15) is 17.0 Å². The maximum atomic E-state index is 15.2. The zero-order valence-corrected chi connectivity index (χ0v) is 17.8. The van der Waals surface area contributed by atoms with E-state index in [2.05, 4.69) is 10.2 Å². The van der Waals surface area contributed by atoms with Gasteiger partial charge in [0.05, 0.1) is 33.7 Å². The van der Waals surface area contributed by atoms with Crippen molar-refractivity contribution in [3.8, 4) is 29.0 Å². The normalized spacial score (nSPS) is 10.7. The van der Waals surface area contributed by atoms with Gasteiger partial charge in [0.1, 0.15) is 5.75 Å². The molecule has 0 fully saturated rings. The molecule has 0 amide bonds. The smallest absolute Gasteiger partial charge is 0.249 e. The van der Waals surface area contributed by atoms with E-state index in [0.717, 1.165) is 0 Å². The van der Waals surface area contributed by atoms with Crippen LogP contribution in [0, 0.1) is 17.1 Å². The molecule has 0 aliphatic heterocycles. The van der Waals surface area contributed by atoms with Crippen molar-refractivity contribution in [3.05, 3.63) is 92.5 Å². The number of halogens is 4. The van der Waals surface area contributed by atoms with Crippen LogP contribution in [0.15, 0.2) is 59.0 Å². The van der Waals surface area contributed by atoms with Crippen LogP contribution in [-0.2, 0) is 6.42 Å². The first kappa shape index (κ1) is 21.1. The van der Waals surface area contributed by atoms with E-state index in [9.17, 15) is 0 Å². The fourth-order valence-electron chi connectivity index (χ4n) is 2.84. The second kappa shape index (κ2) is 8.94. The zero-order valence-electron chi connectivity index (χ0n) is 15.6. The van der Waals surface area contributed by atoms with E-state index in [4.69, 9.17) is 49.2 Å². The van der Waals surface area contributed by atoms with Gasteiger partial charge in [0.25, 0.3) is 0 Å². The average Bonchev–Trinajstić information content (AvgIpc) is 3.21. The number of hydrogen-bond acceptors (Lipinski definition) is 5. The third-order valence-corrected chi connectivity index (χ3v) is 5.11. The van der Waals surface area contributed by atoms with Crippen LogP contribution in [0.5, 0.6) is 11.5 Å². The molecule has 0 spiro atoms. The Hall–Kier alpha value is -3.11. The predicted molar refractivity (Wildman–Crippen MR) is 115 cm³/mol. The van der Waals surface area contributed by atoms with Crippen molar-refractivity contribution in [1.82, 2.24) is 10.2 Å². The van der Waals surface area contributed by atoms with Crippen molar-refractivity contribution in [3.63, 3.8) is 0 Å². The molecule has 1 aromatic heterocycles. The third kappa shape index (κ3) is 4.64. The van der Waals surface area contributed by atoms with Crippen LogP contribution in [0.3, 0.4) is 0 Å². The molecule has 3 aromatic carbocycles. The summed E-state index contributed by atoms with van der Waals surface area (Å²) in [6.07, 6.45) is 0.00973. The summed E-state index contributed by atoms with van der Waals surface area (Å²) in [6.45, 7) is 0. The molecular formula is C22H11Cl3FN3O2. The second-order valence-electron chi connectivity index (χ2n) is 6.40. The van der Waals surface area contributed by atoms with Crippen molar-refractivity contribution < 1.29 is 13.5 Å². The van der Waals surface area contributed by atoms with E-state index in [1.165, 1.54) is 30.3 Å². The van der Waals surface area contributed by atoms with Gasteiger partial charge in [-0.15, -0.1) is 10.2 Å². The van der Waals surface area contributed by atoms with Crippen molar-refractivity contribution in [1.29, 1.82) is 5.26 Å². The highest BCUT2D eigenvalue weighted by molar-refractivity contribution is 6.33. The molecule has 0 bridgehead atoms. The molecular weight excluding hydrogens is 464 g/mol. The molecule has 31 heavy (non-hydrogen) atoms. The molecule has 0 atom stereocenters. The minimum atomic E-state index is -0.691. The number of ether oxygens (including phenoxy) is 1. The van der Waals surface area contributed by atoms with Gasteiger partial charge in [0.15, 0.2) is 11.6 Å². The molecule has 0 unspecified atom stereocenters. The highest BCUT2D eigenvalue weighted by Crippen LogP contribution is 2.36. The van der Waals surface area contributed by atoms with Crippen molar-refractivity contribution in [2.24, 2.45) is 0 Å². The van der Waals surface area contributed by atoms with Crippen LogP contribution in [-0.4, -0.2) is 10.2 Å². The lowest BCUT2D eigenvalue weighted by atomic mass is 10.1. The number of rotatable bonds is 5. The molecule has 5 nitrogen and oxygen atoms in total. The first-order chi connectivity index (χ1) is 14.9. The van der Waals surface area contributed by atoms with E-state index in [1.54, 1.807) is 24.3 Å². The summed E-state index contributed by atoms with van der Waals surface area (Å²) < 4.78 is 26.4. The maximum absolute atomic E-state index is 15.2. The third-order valence-electron chi connectivity index (χ3n) is 4.26. The Labute approximate surface area is 191 Å². The Morgan fingerprint density at radius 1 is 1.00 bits per heavy atom. The van der Waals surface area contributed by atoms with E-state index < -0.39 is 5.82 Å². The fourth-order valence-corrected chi connectivity index (χ4v) is 3.47. The highest BCUT2D eigenvalue weighted by atomic mass is 35.5. The van der Waals surface area contributed by atoms with Crippen molar-refractivity contribution >= 4 is 34.8 Å². The Kier molecular flexibility index (Phi) is 6.10. The summed E-state index contributed by atoms with van der Waals surface area (Å²) in [4.78, 5) is 0. The van der Waals surface area contributed by atoms with Gasteiger partial charge in [-0.05, 0) is 36.4 Å². The summed E-state index contributed by atoms with van der Waals surface area (Å²) in [5.41, 5.74) is 1.09. The molecule has 9 heteroatoms. The van der Waals surface area contributed by atoms with Gasteiger partial charge in [-0.2, -0.15) is 5.26 Å². The molecule has 0 saturated heterocycles. The van der Waals surface area contributed by atoms with Gasteiger partial charge in [0.2, 0.25) is 11.8 Å². The lowest BCUT2D eigenvalue weighted by molar-refractivity contribution is 0.437. The van der Waals surface area contributed by atoms with Crippen LogP contribution in [0.25, 0.3) is 11.5 Å². The first-order valence-corrected chi connectivity index (χ1v) is 10.0. The van der Waals surface area contributed by atoms with Crippen LogP contribution in [0.2, 0.25) is 15.1 Å². The largest absolute Gasteiger partial charge is 0.453 e. The first-order valence-electron chi connectivity index (χ1n) is 8.87. The summed E-state index contributed by atoms with van der Waals surface area (Å²) in [7, 11) is 0. The van der Waals surface area contributed by atoms with Crippen molar-refractivity contribution in [2.75, 3.05) is 0 Å². The van der Waals surface area contributed by atoms with Crippen LogP contribution in [0.4, 0.5) is 4.39 Å². The number of benzene rings is 3. The van der Waals surface area contributed by atoms with Crippen molar-refractivity contribution in [2.45, 2.75) is 6.42 Å². The van der Waals surface area contributed by atoms with Gasteiger partial charge in [-0.3, -0.25) is 0 Å². The summed E-state index contributed by atoms with van der Waals surface area (Å²) >= 11 is 18.3. The quantitative estimate of drug-likeness (QED) is 0.309. The molecule has 4 aromatic rings. The van der Waals surface area contributed by atoms with Gasteiger partial charge in [0, 0.05) is 10.6 Å². The van der Waals surface area contributed by atoms with E-state index >= 15 is 4.39 Å². The molecule has 0 radical (unpaired) electrons. The lowest BCUT2D eigenvalue weighted by Crippen LogP contribution is -1.98. The Balaban J connectivity index is 1.62. The summed E-state index contributed by atoms with van der Waals surface area (Å²) in [6, 6.07) is 16.3. The van der Waals surface area contributed by atoms with Gasteiger partial charge in [-0.25, -0.2) is 4.39 Å². The van der Waals surface area contributed by atoms with E-state index in [-0.39, 0.29) is 50.9 Å². The van der Waals surface area contributed by atoms with Crippen LogP contribution < -0.4 is 4.74 Å². The Bertz CT molecular complexity index is 1320. The maximum Gasteiger partial charge on any atom is 0.249 e. The number of nitrogens with zero attached hydrogens (tertiary/aromatic N) is 3. The fraction of sp³-hybridized carbons (Fsp3) is 0.0455. The standard InChI is InChI=1S/C22H11Cl3FN3O2/c23-14-7-12(11-27)8-15(10-14)30-21-18(25)6-5-13(20(21)26)9-19-28-29-22(31-19)16-3-1-2-4-17(16)24/h1-8,10H,9H2. The van der Waals surface area contributed by atoms with Gasteiger partial charge >= 0.3 is 0 Å². The van der Waals surface area contributed by atoms with Gasteiger partial charge < -0.3 is 9.15 Å². The molecule has 0 N–H and O–H groups in total. The summed E-state index contributed by atoms with van der Waals surface area (Å²) in [5, 5.41) is 17.8. The monoisotopic (exact) mass is 473 g/mol. The Morgan fingerprint density at radius 3 is 2.58 bits per heavy atom. The minimum Gasteiger partial charge on any atom is -0.453 e. The molecule has 4 rings (SSSR count). The molecule has 1 heterocycles. The average molecular weight is 475 g/mol. The highest BCUT2D eigenvalue weighted by Gasteiger charge is 2.19. The predicted octanol–water partition coefficient (Wildman–Crippen LogP) is 7.09. The summed E-state index contributed by atoms with van der Waals surface area (Å²) in [5.74, 6) is -0.286. The van der Waals surface area contributed by atoms with E-state index in [1.807, 2.05) is 6.07 Å². The topological polar surface area (TPSA) is 71.9 Å². The Morgan fingerprint density at radius 2 is 1.81 bits per heavy atom. The molecule has 0 aliphatic rings. The molecule has 0 aliphatic carbocycles. The number of nitriles is 1. The minimum absolute atomic E-state index is 0.00973. The van der Waals surface area contributed by atoms with E-state index in [0.29, 0.717) is 10.6 Å². The van der Waals surface area contributed by atoms with Gasteiger partial charge in [-0.1, -0.05) is 53.0 Å². The number of hydrogen-bond donors (Lipinski definition) is 0. The molecule has 154 valence electrons. The SMILES string of the molecule is N#Cc1cc(Cl)cc(Oc2c(Cl)ccc(Cc3nnc(-c4ccccc4Cl)o3)c2F)c1. The number of aromatic nitrogens is 2. The van der Waals surface area contributed by atoms with Crippen LogP contribution >= 0.6 is 34.8 Å².